The van der Waals surface area contributed by atoms with E-state index in [1.54, 1.807) is 14.0 Å². The standard InChI is InChI=1S/C10H18N4O/c1-6-12-8(14-10(2,3)4)7(11)9(13-6)15-5/h11H2,1-5H3,(H,12,13,14). The second kappa shape index (κ2) is 3.92. The first-order valence-corrected chi connectivity index (χ1v) is 4.80. The third-order valence-corrected chi connectivity index (χ3v) is 1.71. The van der Waals surface area contributed by atoms with Crippen LogP contribution in [-0.2, 0) is 0 Å². The Hall–Kier alpha value is -1.52. The summed E-state index contributed by atoms with van der Waals surface area (Å²) in [7, 11) is 1.54. The molecule has 0 atom stereocenters. The van der Waals surface area contributed by atoms with E-state index >= 15 is 0 Å². The van der Waals surface area contributed by atoms with Crippen LogP contribution in [0, 0.1) is 6.92 Å². The third-order valence-electron chi connectivity index (χ3n) is 1.71. The number of nitrogen functional groups attached to an aromatic ring is 1. The molecule has 0 saturated carbocycles. The molecule has 0 unspecified atom stereocenters. The van der Waals surface area contributed by atoms with Crippen LogP contribution in [-0.4, -0.2) is 22.6 Å². The zero-order valence-electron chi connectivity index (χ0n) is 9.88. The minimum Gasteiger partial charge on any atom is -0.479 e. The summed E-state index contributed by atoms with van der Waals surface area (Å²) in [4.78, 5) is 8.32. The van der Waals surface area contributed by atoms with Crippen molar-refractivity contribution in [2.24, 2.45) is 0 Å². The van der Waals surface area contributed by atoms with Crippen molar-refractivity contribution >= 4 is 11.5 Å². The van der Waals surface area contributed by atoms with Crippen molar-refractivity contribution in [1.82, 2.24) is 9.97 Å². The van der Waals surface area contributed by atoms with Crippen molar-refractivity contribution in [2.45, 2.75) is 33.2 Å². The minimum absolute atomic E-state index is 0.0973. The maximum absolute atomic E-state index is 5.86. The lowest BCUT2D eigenvalue weighted by Gasteiger charge is -2.22. The third kappa shape index (κ3) is 2.97. The van der Waals surface area contributed by atoms with E-state index in [9.17, 15) is 0 Å². The molecule has 0 radical (unpaired) electrons. The Morgan fingerprint density at radius 2 is 1.87 bits per heavy atom. The molecule has 1 heterocycles. The van der Waals surface area contributed by atoms with Crippen LogP contribution in [0.2, 0.25) is 0 Å². The Labute approximate surface area is 90.1 Å². The SMILES string of the molecule is COc1nc(C)nc(NC(C)(C)C)c1N. The molecule has 0 spiro atoms. The quantitative estimate of drug-likeness (QED) is 0.775. The van der Waals surface area contributed by atoms with Crippen molar-refractivity contribution in [3.8, 4) is 5.88 Å². The smallest absolute Gasteiger partial charge is 0.242 e. The average Bonchev–Trinajstić information content (AvgIpc) is 2.08. The Morgan fingerprint density at radius 3 is 2.33 bits per heavy atom. The Balaban J connectivity index is 3.12. The lowest BCUT2D eigenvalue weighted by Crippen LogP contribution is -2.27. The van der Waals surface area contributed by atoms with Crippen LogP contribution in [0.25, 0.3) is 0 Å². The van der Waals surface area contributed by atoms with Crippen molar-refractivity contribution in [3.05, 3.63) is 5.82 Å². The fraction of sp³-hybridized carbons (Fsp3) is 0.600. The molecule has 1 aromatic heterocycles. The molecule has 0 aliphatic heterocycles. The van der Waals surface area contributed by atoms with Crippen LogP contribution in [0.15, 0.2) is 0 Å². The van der Waals surface area contributed by atoms with E-state index in [1.807, 2.05) is 20.8 Å². The Kier molecular flexibility index (Phi) is 3.02. The molecule has 15 heavy (non-hydrogen) atoms. The van der Waals surface area contributed by atoms with Crippen LogP contribution < -0.4 is 15.8 Å². The van der Waals surface area contributed by atoms with Crippen molar-refractivity contribution < 1.29 is 4.74 Å². The van der Waals surface area contributed by atoms with Gasteiger partial charge in [0.15, 0.2) is 5.82 Å². The van der Waals surface area contributed by atoms with Crippen LogP contribution in [0.3, 0.4) is 0 Å². The first-order valence-electron chi connectivity index (χ1n) is 4.80. The number of aromatic nitrogens is 2. The lowest BCUT2D eigenvalue weighted by atomic mass is 10.1. The summed E-state index contributed by atoms with van der Waals surface area (Å²) in [5.74, 6) is 1.66. The topological polar surface area (TPSA) is 73.1 Å². The van der Waals surface area contributed by atoms with Gasteiger partial charge in [-0.2, -0.15) is 4.98 Å². The molecule has 0 aromatic carbocycles. The van der Waals surface area contributed by atoms with Gasteiger partial charge in [-0.25, -0.2) is 4.98 Å². The molecule has 1 aromatic rings. The first-order chi connectivity index (χ1) is 6.83. The van der Waals surface area contributed by atoms with Gasteiger partial charge in [0, 0.05) is 5.54 Å². The number of hydrogen-bond acceptors (Lipinski definition) is 5. The van der Waals surface area contributed by atoms with Gasteiger partial charge in [0.05, 0.1) is 7.11 Å². The number of nitrogens with one attached hydrogen (secondary N) is 1. The molecule has 0 aliphatic rings. The van der Waals surface area contributed by atoms with E-state index < -0.39 is 0 Å². The van der Waals surface area contributed by atoms with E-state index in [2.05, 4.69) is 15.3 Å². The second-order valence-electron chi connectivity index (χ2n) is 4.42. The normalized spacial score (nSPS) is 11.3. The van der Waals surface area contributed by atoms with Gasteiger partial charge >= 0.3 is 0 Å². The van der Waals surface area contributed by atoms with Gasteiger partial charge in [-0.3, -0.25) is 0 Å². The summed E-state index contributed by atoms with van der Waals surface area (Å²) in [6.07, 6.45) is 0. The summed E-state index contributed by atoms with van der Waals surface area (Å²) >= 11 is 0. The highest BCUT2D eigenvalue weighted by atomic mass is 16.5. The summed E-state index contributed by atoms with van der Waals surface area (Å²) in [5.41, 5.74) is 6.20. The largest absolute Gasteiger partial charge is 0.479 e. The highest BCUT2D eigenvalue weighted by Crippen LogP contribution is 2.27. The van der Waals surface area contributed by atoms with Crippen molar-refractivity contribution in [3.63, 3.8) is 0 Å². The number of ether oxygens (including phenoxy) is 1. The van der Waals surface area contributed by atoms with Gasteiger partial charge in [0.2, 0.25) is 5.88 Å². The van der Waals surface area contributed by atoms with Crippen LogP contribution in [0.5, 0.6) is 5.88 Å². The maximum Gasteiger partial charge on any atom is 0.242 e. The van der Waals surface area contributed by atoms with Crippen LogP contribution in [0.4, 0.5) is 11.5 Å². The molecular weight excluding hydrogens is 192 g/mol. The van der Waals surface area contributed by atoms with E-state index in [4.69, 9.17) is 10.5 Å². The molecule has 0 amide bonds. The van der Waals surface area contributed by atoms with Crippen molar-refractivity contribution in [1.29, 1.82) is 0 Å². The molecule has 1 rings (SSSR count). The van der Waals surface area contributed by atoms with Crippen LogP contribution >= 0.6 is 0 Å². The van der Waals surface area contributed by atoms with Gasteiger partial charge < -0.3 is 15.8 Å². The van der Waals surface area contributed by atoms with E-state index in [0.717, 1.165) is 0 Å². The van der Waals surface area contributed by atoms with Gasteiger partial charge in [-0.15, -0.1) is 0 Å². The van der Waals surface area contributed by atoms with Crippen LogP contribution in [0.1, 0.15) is 26.6 Å². The minimum atomic E-state index is -0.0973. The van der Waals surface area contributed by atoms with E-state index in [1.165, 1.54) is 0 Å². The molecule has 0 fully saturated rings. The average molecular weight is 210 g/mol. The monoisotopic (exact) mass is 210 g/mol. The number of anilines is 2. The van der Waals surface area contributed by atoms with Gasteiger partial charge in [0.1, 0.15) is 11.5 Å². The molecule has 0 aliphatic carbocycles. The zero-order valence-corrected chi connectivity index (χ0v) is 9.88. The maximum atomic E-state index is 5.86. The molecule has 3 N–H and O–H groups in total. The summed E-state index contributed by atoms with van der Waals surface area (Å²) in [5, 5.41) is 3.21. The predicted molar refractivity (Wildman–Crippen MR) is 61.1 cm³/mol. The molecule has 5 heteroatoms. The summed E-state index contributed by atoms with van der Waals surface area (Å²) in [6, 6.07) is 0. The predicted octanol–water partition coefficient (Wildman–Crippen LogP) is 1.59. The van der Waals surface area contributed by atoms with Gasteiger partial charge in [-0.05, 0) is 27.7 Å². The summed E-state index contributed by atoms with van der Waals surface area (Å²) < 4.78 is 5.06. The van der Waals surface area contributed by atoms with E-state index in [-0.39, 0.29) is 5.54 Å². The number of rotatable bonds is 2. The van der Waals surface area contributed by atoms with Gasteiger partial charge in [-0.1, -0.05) is 0 Å². The fourth-order valence-electron chi connectivity index (χ4n) is 1.16. The number of nitrogens with two attached hydrogens (primary N) is 1. The van der Waals surface area contributed by atoms with Gasteiger partial charge in [0.25, 0.3) is 0 Å². The Bertz CT molecular complexity index is 357. The number of hydrogen-bond donors (Lipinski definition) is 2. The molecule has 5 nitrogen and oxygen atoms in total. The lowest BCUT2D eigenvalue weighted by molar-refractivity contribution is 0.398. The van der Waals surface area contributed by atoms with Crippen molar-refractivity contribution in [2.75, 3.05) is 18.2 Å². The molecule has 0 saturated heterocycles. The highest BCUT2D eigenvalue weighted by molar-refractivity contribution is 5.67. The fourth-order valence-corrected chi connectivity index (χ4v) is 1.16. The number of methoxy groups -OCH3 is 1. The zero-order chi connectivity index (χ0) is 11.6. The summed E-state index contributed by atoms with van der Waals surface area (Å²) in [6.45, 7) is 7.92. The van der Waals surface area contributed by atoms with E-state index in [0.29, 0.717) is 23.2 Å². The number of nitrogens with zero attached hydrogens (tertiary/aromatic N) is 2. The highest BCUT2D eigenvalue weighted by Gasteiger charge is 2.16. The molecular formula is C10H18N4O. The molecule has 0 bridgehead atoms. The number of aryl methyl sites for hydroxylation is 1. The first kappa shape index (κ1) is 11.6. The Morgan fingerprint density at radius 1 is 1.27 bits per heavy atom. The second-order valence-corrected chi connectivity index (χ2v) is 4.42. The molecule has 84 valence electrons.